The summed E-state index contributed by atoms with van der Waals surface area (Å²) in [5, 5.41) is 2.53. The van der Waals surface area contributed by atoms with Crippen LogP contribution in [0.2, 0.25) is 0 Å². The molecule has 0 saturated carbocycles. The molecule has 0 fully saturated rings. The maximum absolute atomic E-state index is 11.6. The Kier molecular flexibility index (Phi) is 3.91. The Balaban J connectivity index is 2.23. The molecule has 5 nitrogen and oxygen atoms in total. The lowest BCUT2D eigenvalue weighted by Crippen LogP contribution is -2.42. The smallest absolute Gasteiger partial charge is 0.197 e. The van der Waals surface area contributed by atoms with Gasteiger partial charge in [-0.15, -0.1) is 0 Å². The van der Waals surface area contributed by atoms with Gasteiger partial charge in [0.2, 0.25) is 0 Å². The molecule has 2 aromatic rings. The van der Waals surface area contributed by atoms with Gasteiger partial charge in [0.25, 0.3) is 0 Å². The topological polar surface area (TPSA) is 72.2 Å². The molecule has 0 aliphatic carbocycles. The maximum Gasteiger partial charge on any atom is 0.197 e. The van der Waals surface area contributed by atoms with Crippen LogP contribution >= 0.6 is 0 Å². The molecule has 6 heteroatoms. The Morgan fingerprint density at radius 1 is 1.37 bits per heavy atom. The zero-order valence-electron chi connectivity index (χ0n) is 11.3. The van der Waals surface area contributed by atoms with Crippen molar-refractivity contribution in [3.8, 4) is 0 Å². The number of benzene rings is 1. The minimum absolute atomic E-state index is 0.219. The van der Waals surface area contributed by atoms with Crippen LogP contribution in [0.15, 0.2) is 28.7 Å². The van der Waals surface area contributed by atoms with Crippen LogP contribution in [-0.4, -0.2) is 38.0 Å². The summed E-state index contributed by atoms with van der Waals surface area (Å²) >= 11 is 0. The first kappa shape index (κ1) is 14.0. The molecule has 2 atom stereocenters. The SMILES string of the molecule is CNC(Cc1nc2ccccc2o1)C(C)S(C)(=O)=O. The molecule has 1 heterocycles. The Hall–Kier alpha value is -1.40. The molecule has 0 saturated heterocycles. The van der Waals surface area contributed by atoms with Crippen molar-refractivity contribution in [1.29, 1.82) is 0 Å². The molecule has 1 aromatic heterocycles. The van der Waals surface area contributed by atoms with Gasteiger partial charge in [0.05, 0.1) is 5.25 Å². The molecular weight excluding hydrogens is 264 g/mol. The van der Waals surface area contributed by atoms with E-state index in [4.69, 9.17) is 4.42 Å². The van der Waals surface area contributed by atoms with Crippen LogP contribution in [0.5, 0.6) is 0 Å². The first-order valence-corrected chi connectivity index (χ1v) is 8.08. The lowest BCUT2D eigenvalue weighted by atomic mass is 10.1. The number of hydrogen-bond donors (Lipinski definition) is 1. The van der Waals surface area contributed by atoms with Gasteiger partial charge in [0.15, 0.2) is 21.3 Å². The van der Waals surface area contributed by atoms with Gasteiger partial charge < -0.3 is 9.73 Å². The molecule has 1 N–H and O–H groups in total. The molecule has 0 aliphatic heterocycles. The predicted octanol–water partition coefficient (Wildman–Crippen LogP) is 1.39. The molecule has 104 valence electrons. The van der Waals surface area contributed by atoms with Crippen molar-refractivity contribution >= 4 is 20.9 Å². The van der Waals surface area contributed by atoms with Gasteiger partial charge in [0.1, 0.15) is 5.52 Å². The van der Waals surface area contributed by atoms with E-state index in [0.29, 0.717) is 12.3 Å². The highest BCUT2D eigenvalue weighted by molar-refractivity contribution is 7.91. The van der Waals surface area contributed by atoms with E-state index in [1.807, 2.05) is 24.3 Å². The fourth-order valence-corrected chi connectivity index (χ4v) is 2.83. The molecular formula is C13H18N2O3S. The summed E-state index contributed by atoms with van der Waals surface area (Å²) < 4.78 is 28.8. The number of para-hydroxylation sites is 2. The van der Waals surface area contributed by atoms with Crippen LogP contribution < -0.4 is 5.32 Å². The van der Waals surface area contributed by atoms with Gasteiger partial charge in [-0.2, -0.15) is 0 Å². The molecule has 19 heavy (non-hydrogen) atoms. The average Bonchev–Trinajstić information content (AvgIpc) is 2.76. The van der Waals surface area contributed by atoms with Gasteiger partial charge >= 0.3 is 0 Å². The van der Waals surface area contributed by atoms with E-state index < -0.39 is 15.1 Å². The van der Waals surface area contributed by atoms with Gasteiger partial charge in [0, 0.05) is 18.7 Å². The number of hydrogen-bond acceptors (Lipinski definition) is 5. The fourth-order valence-electron chi connectivity index (χ4n) is 2.00. The lowest BCUT2D eigenvalue weighted by Gasteiger charge is -2.20. The van der Waals surface area contributed by atoms with Crippen molar-refractivity contribution in [1.82, 2.24) is 10.3 Å². The van der Waals surface area contributed by atoms with Crippen LogP contribution in [0.3, 0.4) is 0 Å². The Morgan fingerprint density at radius 2 is 2.05 bits per heavy atom. The second-order valence-electron chi connectivity index (χ2n) is 4.71. The van der Waals surface area contributed by atoms with E-state index in [2.05, 4.69) is 10.3 Å². The summed E-state index contributed by atoms with van der Waals surface area (Å²) in [6, 6.07) is 7.27. The minimum Gasteiger partial charge on any atom is -0.441 e. The maximum atomic E-state index is 11.6. The first-order valence-electron chi connectivity index (χ1n) is 6.12. The van der Waals surface area contributed by atoms with E-state index in [-0.39, 0.29) is 6.04 Å². The van der Waals surface area contributed by atoms with Gasteiger partial charge in [-0.3, -0.25) is 0 Å². The van der Waals surface area contributed by atoms with Crippen LogP contribution in [0.1, 0.15) is 12.8 Å². The van der Waals surface area contributed by atoms with E-state index >= 15 is 0 Å². The largest absolute Gasteiger partial charge is 0.441 e. The third-order valence-corrected chi connectivity index (χ3v) is 5.02. The lowest BCUT2D eigenvalue weighted by molar-refractivity contribution is 0.452. The van der Waals surface area contributed by atoms with Crippen molar-refractivity contribution in [2.24, 2.45) is 0 Å². The highest BCUT2D eigenvalue weighted by Crippen LogP contribution is 2.17. The van der Waals surface area contributed by atoms with Gasteiger partial charge in [-0.25, -0.2) is 13.4 Å². The summed E-state index contributed by atoms with van der Waals surface area (Å²) in [7, 11) is -1.35. The minimum atomic E-state index is -3.10. The fraction of sp³-hybridized carbons (Fsp3) is 0.462. The number of nitrogens with zero attached hydrogens (tertiary/aromatic N) is 1. The first-order chi connectivity index (χ1) is 8.91. The molecule has 2 rings (SSSR count). The van der Waals surface area contributed by atoms with E-state index in [1.165, 1.54) is 6.26 Å². The van der Waals surface area contributed by atoms with E-state index in [0.717, 1.165) is 11.1 Å². The molecule has 0 radical (unpaired) electrons. The quantitative estimate of drug-likeness (QED) is 0.897. The summed E-state index contributed by atoms with van der Waals surface area (Å²) in [5.74, 6) is 0.552. The molecule has 0 spiro atoms. The zero-order valence-corrected chi connectivity index (χ0v) is 12.1. The van der Waals surface area contributed by atoms with Crippen molar-refractivity contribution in [3.05, 3.63) is 30.2 Å². The predicted molar refractivity (Wildman–Crippen MR) is 74.9 cm³/mol. The Morgan fingerprint density at radius 3 is 2.63 bits per heavy atom. The molecule has 0 amide bonds. The Labute approximate surface area is 112 Å². The van der Waals surface area contributed by atoms with Crippen LogP contribution in [0.4, 0.5) is 0 Å². The molecule has 1 aromatic carbocycles. The summed E-state index contributed by atoms with van der Waals surface area (Å²) in [5.41, 5.74) is 1.51. The standard InChI is InChI=1S/C13H18N2O3S/c1-9(19(3,16)17)11(14-2)8-13-15-10-6-4-5-7-12(10)18-13/h4-7,9,11,14H,8H2,1-3H3. The zero-order chi connectivity index (χ0) is 14.0. The third-order valence-electron chi connectivity index (χ3n) is 3.35. The highest BCUT2D eigenvalue weighted by atomic mass is 32.2. The summed E-state index contributed by atoms with van der Waals surface area (Å²) in [6.45, 7) is 1.69. The van der Waals surface area contributed by atoms with Gasteiger partial charge in [-0.1, -0.05) is 12.1 Å². The monoisotopic (exact) mass is 282 g/mol. The number of sulfone groups is 1. The number of oxazole rings is 1. The average molecular weight is 282 g/mol. The van der Waals surface area contributed by atoms with Gasteiger partial charge in [-0.05, 0) is 26.1 Å². The van der Waals surface area contributed by atoms with Crippen molar-refractivity contribution in [2.45, 2.75) is 24.6 Å². The van der Waals surface area contributed by atoms with Crippen LogP contribution in [-0.2, 0) is 16.3 Å². The number of fused-ring (bicyclic) bond motifs is 1. The van der Waals surface area contributed by atoms with Crippen LogP contribution in [0.25, 0.3) is 11.1 Å². The number of aromatic nitrogens is 1. The van der Waals surface area contributed by atoms with Crippen molar-refractivity contribution < 1.29 is 12.8 Å². The summed E-state index contributed by atoms with van der Waals surface area (Å²) in [6.07, 6.45) is 1.69. The van der Waals surface area contributed by atoms with E-state index in [1.54, 1.807) is 14.0 Å². The Bertz CT molecular complexity index is 630. The summed E-state index contributed by atoms with van der Waals surface area (Å²) in [4.78, 5) is 4.36. The molecule has 0 bridgehead atoms. The highest BCUT2D eigenvalue weighted by Gasteiger charge is 2.26. The van der Waals surface area contributed by atoms with Crippen molar-refractivity contribution in [3.63, 3.8) is 0 Å². The normalized spacial score (nSPS) is 15.5. The third kappa shape index (κ3) is 3.13. The van der Waals surface area contributed by atoms with Crippen LogP contribution in [0, 0.1) is 0 Å². The molecule has 2 unspecified atom stereocenters. The number of rotatable bonds is 5. The van der Waals surface area contributed by atoms with E-state index in [9.17, 15) is 8.42 Å². The number of likely N-dealkylation sites (N-methyl/N-ethyl adjacent to an activating group) is 1. The van der Waals surface area contributed by atoms with Crippen molar-refractivity contribution in [2.75, 3.05) is 13.3 Å². The molecule has 0 aliphatic rings. The second kappa shape index (κ2) is 5.30. The number of nitrogens with one attached hydrogen (secondary N) is 1. The second-order valence-corrected chi connectivity index (χ2v) is 7.11.